The predicted octanol–water partition coefficient (Wildman–Crippen LogP) is -0.210. The minimum atomic E-state index is -0.792. The topological polar surface area (TPSA) is 70.0 Å². The van der Waals surface area contributed by atoms with Crippen molar-refractivity contribution in [2.75, 3.05) is 32.9 Å². The molecule has 0 spiro atoms. The molecule has 1 heterocycles. The summed E-state index contributed by atoms with van der Waals surface area (Å²) in [6, 6.07) is -0.0425. The van der Waals surface area contributed by atoms with Gasteiger partial charge in [0, 0.05) is 19.2 Å². The molecule has 5 heteroatoms. The van der Waals surface area contributed by atoms with Crippen LogP contribution in [0.3, 0.4) is 0 Å². The maximum atomic E-state index is 11.0. The van der Waals surface area contributed by atoms with E-state index < -0.39 is 11.9 Å². The summed E-state index contributed by atoms with van der Waals surface area (Å²) >= 11 is 0. The van der Waals surface area contributed by atoms with Crippen LogP contribution in [0.2, 0.25) is 0 Å². The molecule has 2 unspecified atom stereocenters. The Kier molecular flexibility index (Phi) is 5.01. The lowest BCUT2D eigenvalue weighted by molar-refractivity contribution is -0.143. The molecule has 0 radical (unpaired) electrons. The maximum Gasteiger partial charge on any atom is 0.310 e. The summed E-state index contributed by atoms with van der Waals surface area (Å²) in [5, 5.41) is 17.8. The molecule has 0 aromatic heterocycles. The quantitative estimate of drug-likeness (QED) is 0.644. The maximum absolute atomic E-state index is 11.0. The number of aliphatic hydroxyl groups excluding tert-OH is 1. The van der Waals surface area contributed by atoms with E-state index in [1.807, 2.05) is 6.92 Å². The standard InChI is InChI=1S/C10H19NO4/c1-2-11(4-3-5-12)9-7-15-6-8(9)10(13)14/h8-9,12H,2-7H2,1H3,(H,13,14). The summed E-state index contributed by atoms with van der Waals surface area (Å²) in [6.07, 6.45) is 0.677. The van der Waals surface area contributed by atoms with E-state index in [9.17, 15) is 4.79 Å². The van der Waals surface area contributed by atoms with E-state index in [4.69, 9.17) is 14.9 Å². The van der Waals surface area contributed by atoms with Crippen molar-refractivity contribution in [3.05, 3.63) is 0 Å². The SMILES string of the molecule is CCN(CCCO)C1COCC1C(=O)O. The molecular formula is C10H19NO4. The highest BCUT2D eigenvalue weighted by atomic mass is 16.5. The summed E-state index contributed by atoms with van der Waals surface area (Å²) in [5.41, 5.74) is 0. The van der Waals surface area contributed by atoms with Crippen LogP contribution in [0.1, 0.15) is 13.3 Å². The first-order chi connectivity index (χ1) is 7.20. The Morgan fingerprint density at radius 1 is 1.53 bits per heavy atom. The Hall–Kier alpha value is -0.650. The number of carboxylic acids is 1. The van der Waals surface area contributed by atoms with Crippen LogP contribution in [0.15, 0.2) is 0 Å². The van der Waals surface area contributed by atoms with Crippen molar-refractivity contribution in [3.63, 3.8) is 0 Å². The zero-order valence-corrected chi connectivity index (χ0v) is 9.06. The number of hydrogen-bond acceptors (Lipinski definition) is 4. The first-order valence-electron chi connectivity index (χ1n) is 5.36. The van der Waals surface area contributed by atoms with Crippen molar-refractivity contribution >= 4 is 5.97 Å². The van der Waals surface area contributed by atoms with Crippen LogP contribution in [0.4, 0.5) is 0 Å². The first kappa shape index (κ1) is 12.4. The molecule has 15 heavy (non-hydrogen) atoms. The number of likely N-dealkylation sites (N-methyl/N-ethyl adjacent to an activating group) is 1. The molecular weight excluding hydrogens is 198 g/mol. The van der Waals surface area contributed by atoms with Crippen molar-refractivity contribution < 1.29 is 19.7 Å². The number of nitrogens with zero attached hydrogens (tertiary/aromatic N) is 1. The molecule has 0 aliphatic carbocycles. The van der Waals surface area contributed by atoms with Gasteiger partial charge in [0.05, 0.1) is 19.1 Å². The van der Waals surface area contributed by atoms with Gasteiger partial charge in [-0.3, -0.25) is 9.69 Å². The molecule has 1 aliphatic rings. The molecule has 0 saturated carbocycles. The second-order valence-corrected chi connectivity index (χ2v) is 3.76. The van der Waals surface area contributed by atoms with Crippen LogP contribution in [-0.2, 0) is 9.53 Å². The Morgan fingerprint density at radius 3 is 2.80 bits per heavy atom. The van der Waals surface area contributed by atoms with Gasteiger partial charge in [0.25, 0.3) is 0 Å². The van der Waals surface area contributed by atoms with Gasteiger partial charge in [0.2, 0.25) is 0 Å². The third-order valence-corrected chi connectivity index (χ3v) is 2.85. The van der Waals surface area contributed by atoms with Gasteiger partial charge < -0.3 is 14.9 Å². The summed E-state index contributed by atoms with van der Waals surface area (Å²) in [7, 11) is 0. The zero-order chi connectivity index (χ0) is 11.3. The second-order valence-electron chi connectivity index (χ2n) is 3.76. The molecule has 2 atom stereocenters. The van der Waals surface area contributed by atoms with Crippen molar-refractivity contribution in [2.24, 2.45) is 5.92 Å². The Bertz CT molecular complexity index is 210. The Labute approximate surface area is 89.6 Å². The fourth-order valence-corrected chi connectivity index (χ4v) is 1.97. The van der Waals surface area contributed by atoms with Crippen molar-refractivity contribution in [2.45, 2.75) is 19.4 Å². The summed E-state index contributed by atoms with van der Waals surface area (Å²) in [4.78, 5) is 13.0. The van der Waals surface area contributed by atoms with Crippen molar-refractivity contribution in [1.82, 2.24) is 4.90 Å². The Morgan fingerprint density at radius 2 is 2.27 bits per heavy atom. The highest BCUT2D eigenvalue weighted by Gasteiger charge is 2.37. The Balaban J connectivity index is 2.53. The fraction of sp³-hybridized carbons (Fsp3) is 0.900. The average molecular weight is 217 g/mol. The third-order valence-electron chi connectivity index (χ3n) is 2.85. The van der Waals surface area contributed by atoms with Crippen LogP contribution < -0.4 is 0 Å². The van der Waals surface area contributed by atoms with Gasteiger partial charge >= 0.3 is 5.97 Å². The van der Waals surface area contributed by atoms with Gasteiger partial charge in [-0.1, -0.05) is 6.92 Å². The van der Waals surface area contributed by atoms with Crippen LogP contribution >= 0.6 is 0 Å². The largest absolute Gasteiger partial charge is 0.481 e. The van der Waals surface area contributed by atoms with Crippen molar-refractivity contribution in [1.29, 1.82) is 0 Å². The minimum Gasteiger partial charge on any atom is -0.481 e. The number of carboxylic acid groups (broad SMARTS) is 1. The van der Waals surface area contributed by atoms with Crippen LogP contribution in [0.5, 0.6) is 0 Å². The molecule has 1 saturated heterocycles. The van der Waals surface area contributed by atoms with E-state index in [2.05, 4.69) is 4.90 Å². The highest BCUT2D eigenvalue weighted by molar-refractivity contribution is 5.71. The lowest BCUT2D eigenvalue weighted by atomic mass is 10.0. The molecule has 0 aromatic rings. The number of carbonyl (C=O) groups is 1. The first-order valence-corrected chi connectivity index (χ1v) is 5.36. The van der Waals surface area contributed by atoms with Crippen LogP contribution in [-0.4, -0.2) is 60.0 Å². The molecule has 2 N–H and O–H groups in total. The van der Waals surface area contributed by atoms with E-state index in [0.29, 0.717) is 19.6 Å². The fourth-order valence-electron chi connectivity index (χ4n) is 1.97. The molecule has 0 amide bonds. The van der Waals surface area contributed by atoms with Gasteiger partial charge in [-0.2, -0.15) is 0 Å². The zero-order valence-electron chi connectivity index (χ0n) is 9.06. The molecule has 5 nitrogen and oxygen atoms in total. The van der Waals surface area contributed by atoms with Gasteiger partial charge in [-0.05, 0) is 13.0 Å². The van der Waals surface area contributed by atoms with E-state index >= 15 is 0 Å². The predicted molar refractivity (Wildman–Crippen MR) is 54.7 cm³/mol. The molecule has 0 aromatic carbocycles. The van der Waals surface area contributed by atoms with E-state index in [0.717, 1.165) is 13.1 Å². The number of aliphatic hydroxyl groups is 1. The van der Waals surface area contributed by atoms with E-state index in [1.165, 1.54) is 0 Å². The summed E-state index contributed by atoms with van der Waals surface area (Å²) in [6.45, 7) is 4.44. The van der Waals surface area contributed by atoms with Gasteiger partial charge in [-0.15, -0.1) is 0 Å². The molecule has 1 fully saturated rings. The number of rotatable bonds is 6. The summed E-state index contributed by atoms with van der Waals surface area (Å²) < 4.78 is 5.21. The van der Waals surface area contributed by atoms with Gasteiger partial charge in [0.1, 0.15) is 0 Å². The number of aliphatic carboxylic acids is 1. The van der Waals surface area contributed by atoms with E-state index in [-0.39, 0.29) is 12.6 Å². The second kappa shape index (κ2) is 6.05. The number of ether oxygens (including phenoxy) is 1. The monoisotopic (exact) mass is 217 g/mol. The van der Waals surface area contributed by atoms with E-state index in [1.54, 1.807) is 0 Å². The van der Waals surface area contributed by atoms with Gasteiger partial charge in [0.15, 0.2) is 0 Å². The van der Waals surface area contributed by atoms with Gasteiger partial charge in [-0.25, -0.2) is 0 Å². The number of hydrogen-bond donors (Lipinski definition) is 2. The lowest BCUT2D eigenvalue weighted by Crippen LogP contribution is -2.43. The third kappa shape index (κ3) is 3.15. The molecule has 1 aliphatic heterocycles. The molecule has 88 valence electrons. The van der Waals surface area contributed by atoms with Crippen molar-refractivity contribution in [3.8, 4) is 0 Å². The minimum absolute atomic E-state index is 0.0425. The van der Waals surface area contributed by atoms with Crippen LogP contribution in [0, 0.1) is 5.92 Å². The lowest BCUT2D eigenvalue weighted by Gasteiger charge is -2.28. The normalized spacial score (nSPS) is 26.1. The average Bonchev–Trinajstić information content (AvgIpc) is 2.68. The van der Waals surface area contributed by atoms with Crippen LogP contribution in [0.25, 0.3) is 0 Å². The smallest absolute Gasteiger partial charge is 0.310 e. The molecule has 1 rings (SSSR count). The summed E-state index contributed by atoms with van der Waals surface area (Å²) in [5.74, 6) is -1.22. The molecule has 0 bridgehead atoms. The highest BCUT2D eigenvalue weighted by Crippen LogP contribution is 2.20.